The van der Waals surface area contributed by atoms with Crippen molar-refractivity contribution < 1.29 is 18.8 Å². The maximum Gasteiger partial charge on any atom is 0.264 e. The van der Waals surface area contributed by atoms with E-state index >= 15 is 0 Å². The highest BCUT2D eigenvalue weighted by Crippen LogP contribution is 2.16. The van der Waals surface area contributed by atoms with E-state index in [0.717, 1.165) is 4.88 Å². The Morgan fingerprint density at radius 3 is 2.50 bits per heavy atom. The number of piperazine rings is 1. The summed E-state index contributed by atoms with van der Waals surface area (Å²) < 4.78 is 5.23. The van der Waals surface area contributed by atoms with Crippen molar-refractivity contribution in [1.82, 2.24) is 15.1 Å². The Bertz CT molecular complexity index is 1060. The number of para-hydroxylation sites is 1. The monoisotopic (exact) mass is 452 g/mol. The van der Waals surface area contributed by atoms with Gasteiger partial charge in [-0.1, -0.05) is 18.2 Å². The standard InChI is InChI=1S/C23H24N4O4S/c28-21(16-26-9-11-27(12-10-26)23(30)20-8-4-14-32-20)25-19-7-2-1-6-18(19)22(29)24-15-17-5-3-13-31-17/h1-8,13-14H,9-12,15-16H2,(H,24,29)(H,25,28). The number of nitrogens with one attached hydrogen (secondary N) is 2. The summed E-state index contributed by atoms with van der Waals surface area (Å²) in [5.41, 5.74) is 0.847. The molecule has 3 amide bonds. The molecule has 1 aliphatic heterocycles. The van der Waals surface area contributed by atoms with Gasteiger partial charge in [0.15, 0.2) is 0 Å². The number of hydrogen-bond acceptors (Lipinski definition) is 6. The largest absolute Gasteiger partial charge is 0.467 e. The summed E-state index contributed by atoms with van der Waals surface area (Å²) in [7, 11) is 0. The number of hydrogen-bond donors (Lipinski definition) is 2. The van der Waals surface area contributed by atoms with Crippen LogP contribution in [0.2, 0.25) is 0 Å². The molecule has 9 heteroatoms. The van der Waals surface area contributed by atoms with Crippen molar-refractivity contribution in [3.63, 3.8) is 0 Å². The molecule has 32 heavy (non-hydrogen) atoms. The van der Waals surface area contributed by atoms with Gasteiger partial charge in [-0.05, 0) is 35.7 Å². The molecule has 3 aromatic rings. The molecule has 1 aliphatic rings. The van der Waals surface area contributed by atoms with Crippen LogP contribution in [0.1, 0.15) is 25.8 Å². The van der Waals surface area contributed by atoms with Gasteiger partial charge in [-0.3, -0.25) is 19.3 Å². The van der Waals surface area contributed by atoms with Crippen LogP contribution in [0.25, 0.3) is 0 Å². The Morgan fingerprint density at radius 2 is 1.78 bits per heavy atom. The number of thiophene rings is 1. The Labute approximate surface area is 189 Å². The van der Waals surface area contributed by atoms with E-state index in [-0.39, 0.29) is 30.8 Å². The van der Waals surface area contributed by atoms with Gasteiger partial charge in [0.05, 0.1) is 35.5 Å². The van der Waals surface area contributed by atoms with Gasteiger partial charge >= 0.3 is 0 Å². The molecular weight excluding hydrogens is 428 g/mol. The number of anilines is 1. The van der Waals surface area contributed by atoms with E-state index in [1.54, 1.807) is 42.7 Å². The minimum Gasteiger partial charge on any atom is -0.467 e. The molecular formula is C23H24N4O4S. The van der Waals surface area contributed by atoms with Gasteiger partial charge < -0.3 is 20.0 Å². The molecule has 1 aromatic carbocycles. The quantitative estimate of drug-likeness (QED) is 0.575. The fraction of sp³-hybridized carbons (Fsp3) is 0.261. The van der Waals surface area contributed by atoms with Crippen molar-refractivity contribution in [2.45, 2.75) is 6.54 Å². The molecule has 0 spiro atoms. The van der Waals surface area contributed by atoms with Crippen LogP contribution < -0.4 is 10.6 Å². The van der Waals surface area contributed by atoms with Crippen molar-refractivity contribution >= 4 is 34.7 Å². The smallest absolute Gasteiger partial charge is 0.264 e. The predicted molar refractivity (Wildman–Crippen MR) is 122 cm³/mol. The number of rotatable bonds is 7. The van der Waals surface area contributed by atoms with E-state index in [2.05, 4.69) is 10.6 Å². The van der Waals surface area contributed by atoms with Crippen LogP contribution in [0.4, 0.5) is 5.69 Å². The van der Waals surface area contributed by atoms with Crippen molar-refractivity contribution in [2.75, 3.05) is 38.0 Å². The van der Waals surface area contributed by atoms with Gasteiger partial charge in [-0.25, -0.2) is 0 Å². The SMILES string of the molecule is O=C(CN1CCN(C(=O)c2cccs2)CC1)Nc1ccccc1C(=O)NCc1ccco1. The zero-order valence-electron chi connectivity index (χ0n) is 17.5. The topological polar surface area (TPSA) is 94.9 Å². The molecule has 0 saturated carbocycles. The van der Waals surface area contributed by atoms with Crippen LogP contribution in [0, 0.1) is 0 Å². The first-order chi connectivity index (χ1) is 15.6. The summed E-state index contributed by atoms with van der Waals surface area (Å²) in [5, 5.41) is 7.53. The number of amides is 3. The van der Waals surface area contributed by atoms with Gasteiger partial charge in [0.1, 0.15) is 5.76 Å². The summed E-state index contributed by atoms with van der Waals surface area (Å²) in [4.78, 5) is 42.2. The van der Waals surface area contributed by atoms with Crippen molar-refractivity contribution in [3.8, 4) is 0 Å². The fourth-order valence-corrected chi connectivity index (χ4v) is 4.21. The van der Waals surface area contributed by atoms with Crippen LogP contribution in [0.3, 0.4) is 0 Å². The second kappa shape index (κ2) is 10.3. The first kappa shape index (κ1) is 21.8. The molecule has 8 nitrogen and oxygen atoms in total. The number of carbonyl (C=O) groups is 3. The van der Waals surface area contributed by atoms with Crippen LogP contribution in [0.5, 0.6) is 0 Å². The molecule has 3 heterocycles. The lowest BCUT2D eigenvalue weighted by atomic mass is 10.1. The molecule has 166 valence electrons. The molecule has 2 N–H and O–H groups in total. The van der Waals surface area contributed by atoms with E-state index in [1.165, 1.54) is 11.3 Å². The highest BCUT2D eigenvalue weighted by molar-refractivity contribution is 7.12. The highest BCUT2D eigenvalue weighted by Gasteiger charge is 2.24. The Balaban J connectivity index is 1.28. The normalized spacial score (nSPS) is 14.2. The van der Waals surface area contributed by atoms with E-state index in [9.17, 15) is 14.4 Å². The van der Waals surface area contributed by atoms with E-state index in [0.29, 0.717) is 43.2 Å². The predicted octanol–water partition coefficient (Wildman–Crippen LogP) is 2.67. The summed E-state index contributed by atoms with van der Waals surface area (Å²) in [6, 6.07) is 14.1. The molecule has 0 bridgehead atoms. The van der Waals surface area contributed by atoms with Crippen LogP contribution in [0.15, 0.2) is 64.6 Å². The first-order valence-corrected chi connectivity index (χ1v) is 11.2. The molecule has 0 radical (unpaired) electrons. The minimum atomic E-state index is -0.294. The third kappa shape index (κ3) is 5.43. The van der Waals surface area contributed by atoms with Gasteiger partial charge in [-0.2, -0.15) is 0 Å². The van der Waals surface area contributed by atoms with E-state index < -0.39 is 0 Å². The molecule has 0 aliphatic carbocycles. The minimum absolute atomic E-state index is 0.0404. The zero-order valence-corrected chi connectivity index (χ0v) is 18.3. The molecule has 1 fully saturated rings. The van der Waals surface area contributed by atoms with Gasteiger partial charge in [0.2, 0.25) is 5.91 Å². The Kier molecular flexibility index (Phi) is 6.98. The molecule has 1 saturated heterocycles. The third-order valence-corrected chi connectivity index (χ3v) is 6.07. The van der Waals surface area contributed by atoms with Gasteiger partial charge in [-0.15, -0.1) is 11.3 Å². The van der Waals surface area contributed by atoms with Crippen molar-refractivity contribution in [2.24, 2.45) is 0 Å². The van der Waals surface area contributed by atoms with E-state index in [1.807, 2.05) is 27.3 Å². The summed E-state index contributed by atoms with van der Waals surface area (Å²) in [5.74, 6) is 0.197. The number of furan rings is 1. The second-order valence-corrected chi connectivity index (χ2v) is 8.35. The average molecular weight is 453 g/mol. The van der Waals surface area contributed by atoms with Gasteiger partial charge in [0, 0.05) is 26.2 Å². The van der Waals surface area contributed by atoms with Crippen LogP contribution in [-0.2, 0) is 11.3 Å². The maximum absolute atomic E-state index is 12.6. The molecule has 0 atom stereocenters. The van der Waals surface area contributed by atoms with Crippen molar-refractivity contribution in [1.29, 1.82) is 0 Å². The van der Waals surface area contributed by atoms with Gasteiger partial charge in [0.25, 0.3) is 11.8 Å². The lowest BCUT2D eigenvalue weighted by Gasteiger charge is -2.34. The van der Waals surface area contributed by atoms with E-state index in [4.69, 9.17) is 4.42 Å². The third-order valence-electron chi connectivity index (χ3n) is 5.21. The molecule has 2 aromatic heterocycles. The molecule has 0 unspecified atom stereocenters. The fourth-order valence-electron chi connectivity index (χ4n) is 3.52. The summed E-state index contributed by atoms with van der Waals surface area (Å²) >= 11 is 1.44. The second-order valence-electron chi connectivity index (χ2n) is 7.40. The number of benzene rings is 1. The van der Waals surface area contributed by atoms with Crippen LogP contribution >= 0.6 is 11.3 Å². The highest BCUT2D eigenvalue weighted by atomic mass is 32.1. The molecule has 4 rings (SSSR count). The van der Waals surface area contributed by atoms with Crippen molar-refractivity contribution in [3.05, 3.63) is 76.4 Å². The van der Waals surface area contributed by atoms with Crippen LogP contribution in [-0.4, -0.2) is 60.2 Å². The Hall–Kier alpha value is -3.43. The lowest BCUT2D eigenvalue weighted by Crippen LogP contribution is -2.50. The summed E-state index contributed by atoms with van der Waals surface area (Å²) in [6.45, 7) is 2.86. The lowest BCUT2D eigenvalue weighted by molar-refractivity contribution is -0.117. The summed E-state index contributed by atoms with van der Waals surface area (Å²) in [6.07, 6.45) is 1.55. The average Bonchev–Trinajstić information content (AvgIpc) is 3.52. The Morgan fingerprint density at radius 1 is 0.969 bits per heavy atom. The number of nitrogens with zero attached hydrogens (tertiary/aromatic N) is 2. The zero-order chi connectivity index (χ0) is 22.3. The maximum atomic E-state index is 12.6. The first-order valence-electron chi connectivity index (χ1n) is 10.3. The number of carbonyl (C=O) groups excluding carboxylic acids is 3.